The van der Waals surface area contributed by atoms with Crippen LogP contribution in [0.3, 0.4) is 0 Å². The van der Waals surface area contributed by atoms with E-state index in [0.717, 1.165) is 6.42 Å². The average Bonchev–Trinajstić information content (AvgIpc) is 2.49. The van der Waals surface area contributed by atoms with Gasteiger partial charge in [0.1, 0.15) is 0 Å². The van der Waals surface area contributed by atoms with Crippen LogP contribution in [0.2, 0.25) is 0 Å². The van der Waals surface area contributed by atoms with Gasteiger partial charge < -0.3 is 0 Å². The molecule has 0 unspecified atom stereocenters. The Balaban J connectivity index is 0.000000367. The van der Waals surface area contributed by atoms with E-state index < -0.39 is 0 Å². The molecule has 4 nitrogen and oxygen atoms in total. The fourth-order valence-corrected chi connectivity index (χ4v) is 1.57. The molecule has 0 fully saturated rings. The summed E-state index contributed by atoms with van der Waals surface area (Å²) in [6.45, 7) is 2.87. The number of unbranched alkanes of at least 4 members (excludes halogenated alkanes) is 5. The largest absolute Gasteiger partial charge is 0.240 e. The first-order valence-electron chi connectivity index (χ1n) is 7.01. The Hall–Kier alpha value is -2.02. The van der Waals surface area contributed by atoms with Crippen molar-refractivity contribution in [1.29, 1.82) is 0 Å². The molecule has 0 aliphatic carbocycles. The van der Waals surface area contributed by atoms with Crippen molar-refractivity contribution in [2.75, 3.05) is 6.54 Å². The molecule has 20 heavy (non-hydrogen) atoms. The maximum atomic E-state index is 9.68. The van der Waals surface area contributed by atoms with Crippen LogP contribution in [0.1, 0.15) is 45.4 Å². The van der Waals surface area contributed by atoms with Gasteiger partial charge >= 0.3 is 0 Å². The lowest BCUT2D eigenvalue weighted by Crippen LogP contribution is -1.81. The number of hydrogen-bond acceptors (Lipinski definition) is 4. The molecule has 0 saturated heterocycles. The molecule has 0 spiro atoms. The fourth-order valence-electron chi connectivity index (χ4n) is 1.57. The van der Waals surface area contributed by atoms with Crippen LogP contribution in [0.15, 0.2) is 40.3 Å². The number of rotatable bonds is 8. The molecule has 0 aliphatic rings. The van der Waals surface area contributed by atoms with Crippen LogP contribution in [0.4, 0.5) is 5.69 Å². The zero-order chi connectivity index (χ0) is 14.9. The minimum atomic E-state index is 0.646. The van der Waals surface area contributed by atoms with Gasteiger partial charge in [-0.05, 0) is 18.6 Å². The number of benzene rings is 1. The molecule has 0 saturated carbocycles. The molecule has 1 rings (SSSR count). The molecule has 108 valence electrons. The summed E-state index contributed by atoms with van der Waals surface area (Å²) in [5.74, 6) is 0. The Bertz CT molecular complexity index is 419. The van der Waals surface area contributed by atoms with Crippen LogP contribution in [-0.4, -0.2) is 18.7 Å². The van der Waals surface area contributed by atoms with Gasteiger partial charge in [-0.25, -0.2) is 14.6 Å². The molecule has 0 bridgehead atoms. The quantitative estimate of drug-likeness (QED) is 0.402. The van der Waals surface area contributed by atoms with Crippen molar-refractivity contribution < 1.29 is 9.59 Å². The van der Waals surface area contributed by atoms with Crippen molar-refractivity contribution in [1.82, 2.24) is 0 Å². The average molecular weight is 274 g/mol. The lowest BCUT2D eigenvalue weighted by atomic mass is 10.1. The lowest BCUT2D eigenvalue weighted by molar-refractivity contribution is 0.560. The van der Waals surface area contributed by atoms with Crippen molar-refractivity contribution in [2.24, 2.45) is 9.98 Å². The van der Waals surface area contributed by atoms with Crippen molar-refractivity contribution in [2.45, 2.75) is 45.4 Å². The Morgan fingerprint density at radius 3 is 2.15 bits per heavy atom. The summed E-state index contributed by atoms with van der Waals surface area (Å²) in [5, 5.41) is 0. The van der Waals surface area contributed by atoms with Crippen LogP contribution in [0.25, 0.3) is 0 Å². The Morgan fingerprint density at radius 2 is 1.55 bits per heavy atom. The summed E-state index contributed by atoms with van der Waals surface area (Å²) in [6, 6.07) is 8.98. The summed E-state index contributed by atoms with van der Waals surface area (Å²) < 4.78 is 0. The highest BCUT2D eigenvalue weighted by Crippen LogP contribution is 2.07. The van der Waals surface area contributed by atoms with E-state index in [2.05, 4.69) is 16.9 Å². The zero-order valence-corrected chi connectivity index (χ0v) is 12.0. The van der Waals surface area contributed by atoms with E-state index in [9.17, 15) is 9.59 Å². The lowest BCUT2D eigenvalue weighted by Gasteiger charge is -1.95. The first-order valence-corrected chi connectivity index (χ1v) is 7.01. The molecule has 0 amide bonds. The van der Waals surface area contributed by atoms with E-state index in [4.69, 9.17) is 0 Å². The first-order chi connectivity index (χ1) is 9.85. The standard InChI is InChI=1S/C9H17NO.C7H5NO/c1-2-3-4-5-6-7-8-10-9-11;9-6-8-7-4-2-1-3-5-7/h2-8H2,1H3;1-5H. The van der Waals surface area contributed by atoms with Crippen molar-refractivity contribution in [3.63, 3.8) is 0 Å². The highest BCUT2D eigenvalue weighted by molar-refractivity contribution is 5.47. The Kier molecular flexibility index (Phi) is 13.5. The number of aliphatic imine (C=N–C) groups is 2. The smallest absolute Gasteiger partial charge is 0.211 e. The summed E-state index contributed by atoms with van der Waals surface area (Å²) in [4.78, 5) is 26.2. The maximum Gasteiger partial charge on any atom is 0.240 e. The fraction of sp³-hybridized carbons (Fsp3) is 0.500. The number of hydrogen-bond donors (Lipinski definition) is 0. The third-order valence-electron chi connectivity index (χ3n) is 2.62. The number of para-hydroxylation sites is 1. The molecule has 0 heterocycles. The van der Waals surface area contributed by atoms with Gasteiger partial charge in [0, 0.05) is 0 Å². The number of carbonyl (C=O) groups excluding carboxylic acids is 2. The van der Waals surface area contributed by atoms with Gasteiger partial charge in [-0.2, -0.15) is 4.99 Å². The second-order valence-corrected chi connectivity index (χ2v) is 4.28. The molecule has 1 aromatic carbocycles. The summed E-state index contributed by atoms with van der Waals surface area (Å²) in [5.41, 5.74) is 0.646. The van der Waals surface area contributed by atoms with Gasteiger partial charge in [-0.3, -0.25) is 0 Å². The molecule has 0 aliphatic heterocycles. The molecular formula is C16H22N2O2. The van der Waals surface area contributed by atoms with Crippen molar-refractivity contribution in [3.8, 4) is 0 Å². The predicted molar refractivity (Wildman–Crippen MR) is 80.6 cm³/mol. The third-order valence-corrected chi connectivity index (χ3v) is 2.62. The second kappa shape index (κ2) is 15.0. The van der Waals surface area contributed by atoms with Crippen LogP contribution in [-0.2, 0) is 9.59 Å². The molecule has 1 aromatic rings. The Labute approximate surface area is 120 Å². The monoisotopic (exact) mass is 274 g/mol. The minimum Gasteiger partial charge on any atom is -0.211 e. The maximum absolute atomic E-state index is 9.68. The number of isocyanates is 2. The van der Waals surface area contributed by atoms with Crippen molar-refractivity contribution >= 4 is 17.8 Å². The molecule has 0 aromatic heterocycles. The van der Waals surface area contributed by atoms with E-state index >= 15 is 0 Å². The first kappa shape index (κ1) is 18.0. The van der Waals surface area contributed by atoms with Crippen molar-refractivity contribution in [3.05, 3.63) is 30.3 Å². The van der Waals surface area contributed by atoms with E-state index in [-0.39, 0.29) is 0 Å². The minimum absolute atomic E-state index is 0.646. The summed E-state index contributed by atoms with van der Waals surface area (Å²) in [6.07, 6.45) is 10.5. The Morgan fingerprint density at radius 1 is 0.900 bits per heavy atom. The van der Waals surface area contributed by atoms with E-state index in [1.54, 1.807) is 18.2 Å². The van der Waals surface area contributed by atoms with E-state index in [1.165, 1.54) is 38.2 Å². The SMILES string of the molecule is CCCCCCCCN=C=O.O=C=Nc1ccccc1. The van der Waals surface area contributed by atoms with Gasteiger partial charge in [0.2, 0.25) is 12.2 Å². The van der Waals surface area contributed by atoms with Gasteiger partial charge in [0.05, 0.1) is 12.2 Å². The molecule has 4 heteroatoms. The third kappa shape index (κ3) is 12.4. The molecule has 0 N–H and O–H groups in total. The van der Waals surface area contributed by atoms with E-state index in [0.29, 0.717) is 12.2 Å². The van der Waals surface area contributed by atoms with Gasteiger partial charge in [0.15, 0.2) is 0 Å². The van der Waals surface area contributed by atoms with Gasteiger partial charge in [-0.1, -0.05) is 57.2 Å². The summed E-state index contributed by atoms with van der Waals surface area (Å²) in [7, 11) is 0. The highest BCUT2D eigenvalue weighted by Gasteiger charge is 1.87. The van der Waals surface area contributed by atoms with Crippen LogP contribution in [0, 0.1) is 0 Å². The highest BCUT2D eigenvalue weighted by atomic mass is 16.1. The summed E-state index contributed by atoms with van der Waals surface area (Å²) >= 11 is 0. The van der Waals surface area contributed by atoms with Crippen LogP contribution < -0.4 is 0 Å². The van der Waals surface area contributed by atoms with E-state index in [1.807, 2.05) is 18.2 Å². The van der Waals surface area contributed by atoms with Crippen LogP contribution in [0.5, 0.6) is 0 Å². The molecule has 0 radical (unpaired) electrons. The second-order valence-electron chi connectivity index (χ2n) is 4.28. The molecular weight excluding hydrogens is 252 g/mol. The molecule has 0 atom stereocenters. The van der Waals surface area contributed by atoms with Gasteiger partial charge in [0.25, 0.3) is 0 Å². The topological polar surface area (TPSA) is 58.9 Å². The number of nitrogens with zero attached hydrogens (tertiary/aromatic N) is 2. The van der Waals surface area contributed by atoms with Gasteiger partial charge in [-0.15, -0.1) is 0 Å². The zero-order valence-electron chi connectivity index (χ0n) is 12.0. The predicted octanol–water partition coefficient (Wildman–Crippen LogP) is 4.34. The van der Waals surface area contributed by atoms with Crippen LogP contribution >= 0.6 is 0 Å². The normalized spacial score (nSPS) is 8.65.